The number of amides is 1. The van der Waals surface area contributed by atoms with Gasteiger partial charge in [0.1, 0.15) is 5.69 Å². The molecule has 3 aliphatic heterocycles. The van der Waals surface area contributed by atoms with Crippen LogP contribution in [-0.4, -0.2) is 102 Å². The summed E-state index contributed by atoms with van der Waals surface area (Å²) in [5, 5.41) is 7.09. The van der Waals surface area contributed by atoms with Crippen LogP contribution in [0.4, 0.5) is 23.0 Å². The van der Waals surface area contributed by atoms with Crippen LogP contribution in [0, 0.1) is 5.41 Å². The second kappa shape index (κ2) is 13.7. The predicted molar refractivity (Wildman–Crippen MR) is 186 cm³/mol. The standard InChI is InChI=1S/C36H49N9O2/c1-3-25-22-27(7-8-30(25)45-16-11-28(12-17-45)44-20-18-43(2)19-21-44)40-35-32(33(37)46)41-31(29-6-4-5-15-38-29)34(42-35)39-26-9-13-36(14-10-26)23-47-24-36/h4-8,15,22,26,28H,3,9-14,16-21,23-24H2,1-2H3,(H2,37,46)(H2,39,40,42). The van der Waals surface area contributed by atoms with E-state index in [9.17, 15) is 4.79 Å². The lowest BCUT2D eigenvalue weighted by atomic mass is 9.71. The van der Waals surface area contributed by atoms with Crippen molar-refractivity contribution < 1.29 is 9.53 Å². The first-order chi connectivity index (χ1) is 22.9. The fraction of sp³-hybridized carbons (Fsp3) is 0.556. The molecular weight excluding hydrogens is 590 g/mol. The van der Waals surface area contributed by atoms with Gasteiger partial charge in [-0.25, -0.2) is 9.97 Å². The molecule has 1 amide bonds. The number of anilines is 4. The van der Waals surface area contributed by atoms with Crippen molar-refractivity contribution in [1.29, 1.82) is 0 Å². The Kier molecular flexibility index (Phi) is 9.29. The van der Waals surface area contributed by atoms with Crippen LogP contribution in [0.3, 0.4) is 0 Å². The minimum Gasteiger partial charge on any atom is -0.380 e. The van der Waals surface area contributed by atoms with Gasteiger partial charge < -0.3 is 30.9 Å². The number of nitrogens with two attached hydrogens (primary N) is 1. The first kappa shape index (κ1) is 31.8. The highest BCUT2D eigenvalue weighted by Crippen LogP contribution is 2.43. The van der Waals surface area contributed by atoms with Crippen molar-refractivity contribution in [2.24, 2.45) is 11.1 Å². The van der Waals surface area contributed by atoms with E-state index in [0.717, 1.165) is 77.2 Å². The molecule has 1 spiro atoms. The molecule has 250 valence electrons. The smallest absolute Gasteiger partial charge is 0.271 e. The number of piperazine rings is 1. The molecule has 0 atom stereocenters. The Balaban J connectivity index is 1.11. The summed E-state index contributed by atoms with van der Waals surface area (Å²) in [7, 11) is 2.22. The molecule has 4 N–H and O–H groups in total. The number of benzene rings is 1. The van der Waals surface area contributed by atoms with Crippen LogP contribution in [0.5, 0.6) is 0 Å². The van der Waals surface area contributed by atoms with E-state index in [1.165, 1.54) is 37.2 Å². The van der Waals surface area contributed by atoms with Crippen LogP contribution >= 0.6 is 0 Å². The number of primary amides is 1. The Morgan fingerprint density at radius 2 is 1.74 bits per heavy atom. The number of aryl methyl sites for hydroxylation is 1. The van der Waals surface area contributed by atoms with E-state index in [-0.39, 0.29) is 11.7 Å². The molecule has 1 aromatic carbocycles. The van der Waals surface area contributed by atoms with Crippen LogP contribution < -0.4 is 21.3 Å². The monoisotopic (exact) mass is 639 g/mol. The fourth-order valence-corrected chi connectivity index (χ4v) is 7.77. The highest BCUT2D eigenvalue weighted by Gasteiger charge is 2.41. The number of nitrogens with zero attached hydrogens (tertiary/aromatic N) is 6. The van der Waals surface area contributed by atoms with E-state index in [1.54, 1.807) is 6.20 Å². The molecule has 1 aliphatic carbocycles. The van der Waals surface area contributed by atoms with Crippen LogP contribution in [-0.2, 0) is 11.2 Å². The Morgan fingerprint density at radius 1 is 0.979 bits per heavy atom. The molecule has 2 aromatic heterocycles. The molecule has 1 saturated carbocycles. The Morgan fingerprint density at radius 3 is 2.38 bits per heavy atom. The second-order valence-corrected chi connectivity index (χ2v) is 14.0. The summed E-state index contributed by atoms with van der Waals surface area (Å²) in [6, 6.07) is 13.0. The predicted octanol–water partition coefficient (Wildman–Crippen LogP) is 4.53. The summed E-state index contributed by atoms with van der Waals surface area (Å²) in [6.07, 6.45) is 9.32. The van der Waals surface area contributed by atoms with Crippen LogP contribution in [0.25, 0.3) is 11.4 Å². The highest BCUT2D eigenvalue weighted by molar-refractivity contribution is 5.97. The molecule has 5 heterocycles. The second-order valence-electron chi connectivity index (χ2n) is 14.0. The van der Waals surface area contributed by atoms with Crippen molar-refractivity contribution in [2.45, 2.75) is 64.0 Å². The molecule has 0 bridgehead atoms. The van der Waals surface area contributed by atoms with E-state index < -0.39 is 5.91 Å². The van der Waals surface area contributed by atoms with Crippen molar-refractivity contribution in [3.8, 4) is 11.4 Å². The van der Waals surface area contributed by atoms with E-state index in [0.29, 0.717) is 34.5 Å². The third kappa shape index (κ3) is 6.93. The van der Waals surface area contributed by atoms with Gasteiger partial charge in [0.2, 0.25) is 0 Å². The van der Waals surface area contributed by atoms with Gasteiger partial charge in [-0.05, 0) is 87.9 Å². The van der Waals surface area contributed by atoms with Gasteiger partial charge in [-0.1, -0.05) is 13.0 Å². The van der Waals surface area contributed by atoms with Crippen LogP contribution in [0.1, 0.15) is 61.5 Å². The van der Waals surface area contributed by atoms with Crippen molar-refractivity contribution in [3.05, 3.63) is 53.9 Å². The quantitative estimate of drug-likeness (QED) is 0.308. The third-order valence-electron chi connectivity index (χ3n) is 10.8. The van der Waals surface area contributed by atoms with E-state index >= 15 is 0 Å². The molecule has 3 aromatic rings. The summed E-state index contributed by atoms with van der Waals surface area (Å²) in [4.78, 5) is 34.7. The number of pyridine rings is 1. The number of likely N-dealkylation sites (N-methyl/N-ethyl adjacent to an activating group) is 1. The molecule has 11 heteroatoms. The molecule has 0 radical (unpaired) electrons. The highest BCUT2D eigenvalue weighted by atomic mass is 16.5. The molecule has 7 rings (SSSR count). The maximum Gasteiger partial charge on any atom is 0.271 e. The van der Waals surface area contributed by atoms with E-state index in [4.69, 9.17) is 20.4 Å². The van der Waals surface area contributed by atoms with Crippen LogP contribution in [0.15, 0.2) is 42.6 Å². The first-order valence-electron chi connectivity index (χ1n) is 17.4. The van der Waals surface area contributed by atoms with Crippen molar-refractivity contribution in [3.63, 3.8) is 0 Å². The number of nitrogens with one attached hydrogen (secondary N) is 2. The Hall–Kier alpha value is -3.80. The van der Waals surface area contributed by atoms with Gasteiger partial charge in [-0.15, -0.1) is 0 Å². The number of ether oxygens (including phenoxy) is 1. The number of rotatable bonds is 9. The normalized spacial score (nSPS) is 21.0. The van der Waals surface area contributed by atoms with Gasteiger partial charge in [0.25, 0.3) is 5.91 Å². The largest absolute Gasteiger partial charge is 0.380 e. The lowest BCUT2D eigenvalue weighted by molar-refractivity contribution is -0.131. The summed E-state index contributed by atoms with van der Waals surface area (Å²) < 4.78 is 5.53. The maximum absolute atomic E-state index is 12.8. The van der Waals surface area contributed by atoms with Gasteiger partial charge in [0, 0.05) is 74.3 Å². The number of piperidine rings is 1. The third-order valence-corrected chi connectivity index (χ3v) is 10.8. The Bertz CT molecular complexity index is 1540. The number of hydrogen-bond acceptors (Lipinski definition) is 10. The molecule has 47 heavy (non-hydrogen) atoms. The average Bonchev–Trinajstić information content (AvgIpc) is 3.09. The number of hydrogen-bond donors (Lipinski definition) is 3. The van der Waals surface area contributed by atoms with Crippen LogP contribution in [0.2, 0.25) is 0 Å². The van der Waals surface area contributed by atoms with E-state index in [1.807, 2.05) is 18.2 Å². The Labute approximate surface area is 278 Å². The summed E-state index contributed by atoms with van der Waals surface area (Å²) in [5.74, 6) is 0.323. The van der Waals surface area contributed by atoms with Gasteiger partial charge >= 0.3 is 0 Å². The number of aromatic nitrogens is 3. The topological polar surface area (TPSA) is 125 Å². The van der Waals surface area contributed by atoms with Gasteiger partial charge in [-0.2, -0.15) is 0 Å². The zero-order valence-corrected chi connectivity index (χ0v) is 27.9. The SMILES string of the molecule is CCc1cc(Nc2nc(NC3CCC4(CC3)COC4)c(-c3ccccn3)nc2C(N)=O)ccc1N1CCC(N2CCN(C)CC2)CC1. The summed E-state index contributed by atoms with van der Waals surface area (Å²) >= 11 is 0. The molecular formula is C36H49N9O2. The molecule has 0 unspecified atom stereocenters. The minimum absolute atomic E-state index is 0.0959. The molecule has 3 saturated heterocycles. The summed E-state index contributed by atoms with van der Waals surface area (Å²) in [6.45, 7) is 10.7. The maximum atomic E-state index is 12.8. The van der Waals surface area contributed by atoms with Crippen molar-refractivity contribution >= 4 is 28.9 Å². The first-order valence-corrected chi connectivity index (χ1v) is 17.4. The zero-order chi connectivity index (χ0) is 32.4. The average molecular weight is 640 g/mol. The summed E-state index contributed by atoms with van der Waals surface area (Å²) in [5.41, 5.74) is 10.9. The van der Waals surface area contributed by atoms with Gasteiger partial charge in [0.05, 0.1) is 18.9 Å². The van der Waals surface area contributed by atoms with Gasteiger partial charge in [0.15, 0.2) is 17.3 Å². The molecule has 4 fully saturated rings. The van der Waals surface area contributed by atoms with Crippen molar-refractivity contribution in [1.82, 2.24) is 24.8 Å². The number of carbonyl (C=O) groups is 1. The molecule has 11 nitrogen and oxygen atoms in total. The zero-order valence-electron chi connectivity index (χ0n) is 27.9. The van der Waals surface area contributed by atoms with Gasteiger partial charge in [-0.3, -0.25) is 14.7 Å². The minimum atomic E-state index is -0.635. The lowest BCUT2D eigenvalue weighted by Crippen LogP contribution is -2.52. The molecule has 4 aliphatic rings. The van der Waals surface area contributed by atoms with Crippen molar-refractivity contribution in [2.75, 3.05) is 75.1 Å². The fourth-order valence-electron chi connectivity index (χ4n) is 7.77. The number of carbonyl (C=O) groups excluding carboxylic acids is 1. The van der Waals surface area contributed by atoms with E-state index in [2.05, 4.69) is 62.5 Å². The lowest BCUT2D eigenvalue weighted by Gasteiger charge is -2.46.